The first-order chi connectivity index (χ1) is 11.5. The third-order valence-electron chi connectivity index (χ3n) is 4.42. The van der Waals surface area contributed by atoms with Crippen molar-refractivity contribution in [3.8, 4) is 5.75 Å². The van der Waals surface area contributed by atoms with Crippen LogP contribution in [-0.2, 0) is 6.42 Å². The molecule has 6 nitrogen and oxygen atoms in total. The number of carbonyl (C=O) groups is 1. The van der Waals surface area contributed by atoms with Gasteiger partial charge in [0.25, 0.3) is 5.91 Å². The maximum absolute atomic E-state index is 12.8. The van der Waals surface area contributed by atoms with Crippen LogP contribution in [0.25, 0.3) is 0 Å². The van der Waals surface area contributed by atoms with Crippen LogP contribution >= 0.6 is 0 Å². The second-order valence-electron chi connectivity index (χ2n) is 6.38. The van der Waals surface area contributed by atoms with Crippen LogP contribution in [0.3, 0.4) is 0 Å². The molecule has 0 saturated carbocycles. The van der Waals surface area contributed by atoms with Crippen molar-refractivity contribution in [1.82, 2.24) is 10.1 Å². The van der Waals surface area contributed by atoms with Crippen LogP contribution in [-0.4, -0.2) is 47.4 Å². The fourth-order valence-electron chi connectivity index (χ4n) is 3.15. The van der Waals surface area contributed by atoms with Gasteiger partial charge in [-0.15, -0.1) is 0 Å². The maximum Gasteiger partial charge on any atom is 0.257 e. The highest BCUT2D eigenvalue weighted by Crippen LogP contribution is 2.27. The number of aliphatic hydroxyl groups is 1. The van der Waals surface area contributed by atoms with Gasteiger partial charge in [0.05, 0.1) is 24.5 Å². The third kappa shape index (κ3) is 3.28. The summed E-state index contributed by atoms with van der Waals surface area (Å²) in [5.74, 6) is 1.11. The number of benzene rings is 1. The van der Waals surface area contributed by atoms with Gasteiger partial charge in [-0.1, -0.05) is 16.8 Å². The lowest BCUT2D eigenvalue weighted by atomic mass is 10.0. The van der Waals surface area contributed by atoms with E-state index in [0.29, 0.717) is 30.8 Å². The van der Waals surface area contributed by atoms with Gasteiger partial charge in [-0.2, -0.15) is 0 Å². The van der Waals surface area contributed by atoms with Crippen LogP contribution in [0, 0.1) is 19.8 Å². The molecule has 0 aliphatic carbocycles. The molecule has 1 amide bonds. The Morgan fingerprint density at radius 2 is 2.17 bits per heavy atom. The number of hydrogen-bond acceptors (Lipinski definition) is 5. The standard InChI is InChI=1S/C18H22N2O4/c1-11-4-5-17(23-3)15(6-11)18(22)20-9-13(16(21)10-20)8-14-7-12(2)19-24-14/h4-7,13,16,21H,8-10H2,1-3H3/t13-,16+/m1/s1. The molecule has 1 aliphatic heterocycles. The van der Waals surface area contributed by atoms with E-state index in [1.165, 1.54) is 0 Å². The lowest BCUT2D eigenvalue weighted by molar-refractivity contribution is 0.0761. The number of amides is 1. The van der Waals surface area contributed by atoms with Crippen LogP contribution in [0.5, 0.6) is 5.75 Å². The average Bonchev–Trinajstić information content (AvgIpc) is 3.13. The van der Waals surface area contributed by atoms with E-state index in [-0.39, 0.29) is 11.8 Å². The molecule has 24 heavy (non-hydrogen) atoms. The number of aryl methyl sites for hydroxylation is 2. The number of aromatic nitrogens is 1. The van der Waals surface area contributed by atoms with E-state index in [1.54, 1.807) is 18.1 Å². The monoisotopic (exact) mass is 330 g/mol. The summed E-state index contributed by atoms with van der Waals surface area (Å²) in [6, 6.07) is 7.38. The topological polar surface area (TPSA) is 75.8 Å². The predicted molar refractivity (Wildman–Crippen MR) is 88.1 cm³/mol. The Hall–Kier alpha value is -2.34. The number of ether oxygens (including phenoxy) is 1. The summed E-state index contributed by atoms with van der Waals surface area (Å²) in [5.41, 5.74) is 2.34. The molecule has 0 spiro atoms. The molecule has 6 heteroatoms. The second kappa shape index (κ2) is 6.65. The van der Waals surface area contributed by atoms with Gasteiger partial charge in [0, 0.05) is 31.5 Å². The molecule has 1 fully saturated rings. The number of nitrogens with zero attached hydrogens (tertiary/aromatic N) is 2. The minimum absolute atomic E-state index is 0.0582. The third-order valence-corrected chi connectivity index (χ3v) is 4.42. The highest BCUT2D eigenvalue weighted by Gasteiger charge is 2.35. The summed E-state index contributed by atoms with van der Waals surface area (Å²) in [5, 5.41) is 14.2. The molecule has 0 bridgehead atoms. The lowest BCUT2D eigenvalue weighted by Crippen LogP contribution is -2.30. The molecule has 2 atom stereocenters. The number of likely N-dealkylation sites (tertiary alicyclic amines) is 1. The summed E-state index contributed by atoms with van der Waals surface area (Å²) < 4.78 is 10.5. The van der Waals surface area contributed by atoms with Gasteiger partial charge in [0.15, 0.2) is 0 Å². The smallest absolute Gasteiger partial charge is 0.257 e. The van der Waals surface area contributed by atoms with Gasteiger partial charge < -0.3 is 19.3 Å². The highest BCUT2D eigenvalue weighted by atomic mass is 16.5. The number of methoxy groups -OCH3 is 1. The molecular weight excluding hydrogens is 308 g/mol. The molecule has 1 aromatic carbocycles. The van der Waals surface area contributed by atoms with Crippen molar-refractivity contribution in [3.63, 3.8) is 0 Å². The molecule has 1 saturated heterocycles. The van der Waals surface area contributed by atoms with Crippen molar-refractivity contribution in [2.24, 2.45) is 5.92 Å². The second-order valence-corrected chi connectivity index (χ2v) is 6.38. The fourth-order valence-corrected chi connectivity index (χ4v) is 3.15. The van der Waals surface area contributed by atoms with Crippen molar-refractivity contribution in [2.45, 2.75) is 26.4 Å². The Labute approximate surface area is 141 Å². The Bertz CT molecular complexity index is 740. The molecule has 1 aromatic heterocycles. The van der Waals surface area contributed by atoms with E-state index in [4.69, 9.17) is 9.26 Å². The van der Waals surface area contributed by atoms with Crippen molar-refractivity contribution < 1.29 is 19.2 Å². The Morgan fingerprint density at radius 1 is 1.38 bits per heavy atom. The highest BCUT2D eigenvalue weighted by molar-refractivity contribution is 5.97. The summed E-state index contributed by atoms with van der Waals surface area (Å²) in [6.45, 7) is 4.59. The number of carbonyl (C=O) groups excluding carboxylic acids is 1. The fraction of sp³-hybridized carbons (Fsp3) is 0.444. The molecular formula is C18H22N2O4. The van der Waals surface area contributed by atoms with Crippen molar-refractivity contribution in [1.29, 1.82) is 0 Å². The first kappa shape index (κ1) is 16.5. The quantitative estimate of drug-likeness (QED) is 0.927. The lowest BCUT2D eigenvalue weighted by Gasteiger charge is -2.18. The summed E-state index contributed by atoms with van der Waals surface area (Å²) in [4.78, 5) is 14.5. The summed E-state index contributed by atoms with van der Waals surface area (Å²) in [7, 11) is 1.55. The van der Waals surface area contributed by atoms with E-state index >= 15 is 0 Å². The van der Waals surface area contributed by atoms with Crippen molar-refractivity contribution in [2.75, 3.05) is 20.2 Å². The van der Waals surface area contributed by atoms with Crippen molar-refractivity contribution >= 4 is 5.91 Å². The minimum atomic E-state index is -0.574. The SMILES string of the molecule is COc1ccc(C)cc1C(=O)N1C[C@@H](Cc2cc(C)no2)[C@@H](O)C1. The Morgan fingerprint density at radius 3 is 2.83 bits per heavy atom. The van der Waals surface area contributed by atoms with Crippen LogP contribution in [0.2, 0.25) is 0 Å². The van der Waals surface area contributed by atoms with Gasteiger partial charge in [0.2, 0.25) is 0 Å². The van der Waals surface area contributed by atoms with Gasteiger partial charge in [-0.25, -0.2) is 0 Å². The Kier molecular flexibility index (Phi) is 4.57. The van der Waals surface area contributed by atoms with Gasteiger partial charge in [-0.05, 0) is 26.0 Å². The van der Waals surface area contributed by atoms with Crippen LogP contribution in [0.15, 0.2) is 28.8 Å². The zero-order valence-electron chi connectivity index (χ0n) is 14.2. The summed E-state index contributed by atoms with van der Waals surface area (Å²) in [6.07, 6.45) is -0.00772. The normalized spacial score (nSPS) is 20.4. The largest absolute Gasteiger partial charge is 0.496 e. The van der Waals surface area contributed by atoms with E-state index in [9.17, 15) is 9.90 Å². The molecule has 0 unspecified atom stereocenters. The Balaban J connectivity index is 1.74. The first-order valence-corrected chi connectivity index (χ1v) is 8.02. The number of hydrogen-bond donors (Lipinski definition) is 1. The van der Waals surface area contributed by atoms with E-state index in [2.05, 4.69) is 5.16 Å². The van der Waals surface area contributed by atoms with Crippen LogP contribution in [0.4, 0.5) is 0 Å². The average molecular weight is 330 g/mol. The van der Waals surface area contributed by atoms with Crippen molar-refractivity contribution in [3.05, 3.63) is 46.8 Å². The number of rotatable bonds is 4. The number of β-amino-alcohol motifs (C(OH)–C–C–N with tert-alkyl or cyclic N) is 1. The predicted octanol–water partition coefficient (Wildman–Crippen LogP) is 1.98. The molecule has 0 radical (unpaired) electrons. The number of aliphatic hydroxyl groups excluding tert-OH is 1. The molecule has 128 valence electrons. The summed E-state index contributed by atoms with van der Waals surface area (Å²) >= 11 is 0. The van der Waals surface area contributed by atoms with Gasteiger partial charge >= 0.3 is 0 Å². The molecule has 2 heterocycles. The molecule has 1 aliphatic rings. The molecule has 1 N–H and O–H groups in total. The molecule has 2 aromatic rings. The van der Waals surface area contributed by atoms with E-state index < -0.39 is 6.10 Å². The first-order valence-electron chi connectivity index (χ1n) is 8.02. The zero-order valence-corrected chi connectivity index (χ0v) is 14.2. The minimum Gasteiger partial charge on any atom is -0.496 e. The van der Waals surface area contributed by atoms with E-state index in [0.717, 1.165) is 17.0 Å². The van der Waals surface area contributed by atoms with E-state index in [1.807, 2.05) is 32.0 Å². The van der Waals surface area contributed by atoms with Gasteiger partial charge in [-0.3, -0.25) is 4.79 Å². The zero-order chi connectivity index (χ0) is 17.3. The van der Waals surface area contributed by atoms with Crippen LogP contribution < -0.4 is 4.74 Å². The molecule has 3 rings (SSSR count). The van der Waals surface area contributed by atoms with Crippen LogP contribution in [0.1, 0.15) is 27.4 Å². The van der Waals surface area contributed by atoms with Gasteiger partial charge in [0.1, 0.15) is 11.5 Å². The maximum atomic E-state index is 12.8.